The van der Waals surface area contributed by atoms with Crippen molar-refractivity contribution in [3.05, 3.63) is 41.5 Å². The van der Waals surface area contributed by atoms with Crippen molar-refractivity contribution >= 4 is 23.5 Å². The molecule has 1 aromatic carbocycles. The third-order valence-electron chi connectivity index (χ3n) is 7.87. The van der Waals surface area contributed by atoms with Gasteiger partial charge in [0.05, 0.1) is 38.9 Å². The molecule has 0 spiro atoms. The van der Waals surface area contributed by atoms with Gasteiger partial charge < -0.3 is 40.6 Å². The van der Waals surface area contributed by atoms with E-state index in [1.165, 1.54) is 14.0 Å². The second kappa shape index (κ2) is 14.2. The molecular weight excluding hydrogens is 544 g/mol. The van der Waals surface area contributed by atoms with E-state index in [0.717, 1.165) is 24.8 Å². The highest BCUT2D eigenvalue weighted by Gasteiger charge is 2.50. The molecule has 2 fully saturated rings. The van der Waals surface area contributed by atoms with Gasteiger partial charge in [-0.15, -0.1) is 0 Å². The molecule has 3 aliphatic rings. The zero-order chi connectivity index (χ0) is 30.3. The van der Waals surface area contributed by atoms with Gasteiger partial charge in [-0.1, -0.05) is 23.8 Å². The minimum atomic E-state index is -1.46. The lowest BCUT2D eigenvalue weighted by molar-refractivity contribution is -0.136. The molecule has 12 nitrogen and oxygen atoms in total. The molecule has 0 saturated carbocycles. The summed E-state index contributed by atoms with van der Waals surface area (Å²) in [6.07, 6.45) is 3.46. The number of aliphatic hydroxyl groups excluding tert-OH is 1. The Labute approximate surface area is 245 Å². The van der Waals surface area contributed by atoms with Gasteiger partial charge in [-0.05, 0) is 57.2 Å². The van der Waals surface area contributed by atoms with Crippen LogP contribution in [0.15, 0.2) is 35.9 Å². The number of morpholine rings is 1. The molecule has 1 aliphatic carbocycles. The second-order valence-electron chi connectivity index (χ2n) is 11.3. The van der Waals surface area contributed by atoms with Crippen LogP contribution in [0.2, 0.25) is 0 Å². The zero-order valence-corrected chi connectivity index (χ0v) is 24.4. The summed E-state index contributed by atoms with van der Waals surface area (Å²) in [5.74, 6) is -1.48. The maximum atomic E-state index is 13.7. The van der Waals surface area contributed by atoms with E-state index in [4.69, 9.17) is 14.2 Å². The Balaban J connectivity index is 1.48. The number of rotatable bonds is 14. The van der Waals surface area contributed by atoms with Crippen molar-refractivity contribution in [1.82, 2.24) is 21.3 Å². The van der Waals surface area contributed by atoms with Crippen LogP contribution < -0.4 is 26.0 Å². The number of carbonyl (C=O) groups excluding carboxylic acids is 4. The van der Waals surface area contributed by atoms with Crippen molar-refractivity contribution in [3.63, 3.8) is 0 Å². The summed E-state index contributed by atoms with van der Waals surface area (Å²) in [6.45, 7) is 5.19. The number of aliphatic hydroxyl groups is 1. The third-order valence-corrected chi connectivity index (χ3v) is 7.87. The number of hydrogen-bond donors (Lipinski definition) is 5. The number of amides is 3. The Morgan fingerprint density at radius 1 is 1.14 bits per heavy atom. The Morgan fingerprint density at radius 3 is 2.48 bits per heavy atom. The van der Waals surface area contributed by atoms with Gasteiger partial charge in [-0.3, -0.25) is 19.2 Å². The van der Waals surface area contributed by atoms with E-state index in [1.54, 1.807) is 31.2 Å². The normalized spacial score (nSPS) is 24.4. The molecule has 2 saturated heterocycles. The summed E-state index contributed by atoms with van der Waals surface area (Å²) in [6, 6.07) is 3.08. The maximum Gasteiger partial charge on any atom is 0.246 e. The Morgan fingerprint density at radius 2 is 1.88 bits per heavy atom. The fourth-order valence-electron chi connectivity index (χ4n) is 5.16. The average molecular weight is 587 g/mol. The molecule has 5 N–H and O–H groups in total. The van der Waals surface area contributed by atoms with Crippen LogP contribution in [0.1, 0.15) is 57.6 Å². The van der Waals surface area contributed by atoms with E-state index < -0.39 is 41.6 Å². The molecule has 4 rings (SSSR count). The van der Waals surface area contributed by atoms with Gasteiger partial charge in [-0.25, -0.2) is 0 Å². The number of ketones is 1. The minimum Gasteiger partial charge on any atom is -0.497 e. The number of benzene rings is 1. The molecule has 230 valence electrons. The van der Waals surface area contributed by atoms with Gasteiger partial charge in [0.1, 0.15) is 29.5 Å². The molecule has 6 atom stereocenters. The minimum absolute atomic E-state index is 0.0729. The fourth-order valence-corrected chi connectivity index (χ4v) is 5.16. The highest BCUT2D eigenvalue weighted by atomic mass is 16.6. The molecule has 0 bridgehead atoms. The topological polar surface area (TPSA) is 168 Å². The van der Waals surface area contributed by atoms with Crippen LogP contribution in [0.5, 0.6) is 5.75 Å². The average Bonchev–Trinajstić information content (AvgIpc) is 3.53. The van der Waals surface area contributed by atoms with Crippen LogP contribution >= 0.6 is 0 Å². The third kappa shape index (κ3) is 8.37. The summed E-state index contributed by atoms with van der Waals surface area (Å²) in [5, 5.41) is 22.5. The van der Waals surface area contributed by atoms with Crippen molar-refractivity contribution < 1.29 is 38.5 Å². The summed E-state index contributed by atoms with van der Waals surface area (Å²) >= 11 is 0. The van der Waals surface area contributed by atoms with Crippen LogP contribution in [-0.2, 0) is 28.7 Å². The van der Waals surface area contributed by atoms with Gasteiger partial charge in [0.15, 0.2) is 5.78 Å². The van der Waals surface area contributed by atoms with Gasteiger partial charge in [0.25, 0.3) is 0 Å². The van der Waals surface area contributed by atoms with Crippen LogP contribution in [0.4, 0.5) is 0 Å². The van der Waals surface area contributed by atoms with E-state index in [9.17, 15) is 24.3 Å². The molecule has 2 heterocycles. The number of Topliss-reactive ketones (excluding diaryl/α,β-unsaturated/α-hetero) is 1. The van der Waals surface area contributed by atoms with Crippen molar-refractivity contribution in [2.45, 2.75) is 81.9 Å². The Bertz CT molecular complexity index is 1160. The lowest BCUT2D eigenvalue weighted by atomic mass is 9.93. The summed E-state index contributed by atoms with van der Waals surface area (Å²) in [7, 11) is 1.51. The van der Waals surface area contributed by atoms with Crippen LogP contribution in [0.3, 0.4) is 0 Å². The summed E-state index contributed by atoms with van der Waals surface area (Å²) in [5.41, 5.74) is 0.456. The maximum absolute atomic E-state index is 13.7. The molecule has 0 aromatic heterocycles. The summed E-state index contributed by atoms with van der Waals surface area (Å²) in [4.78, 5) is 52.8. The van der Waals surface area contributed by atoms with Crippen molar-refractivity contribution in [1.29, 1.82) is 0 Å². The van der Waals surface area contributed by atoms with Crippen molar-refractivity contribution in [2.75, 3.05) is 33.4 Å². The highest BCUT2D eigenvalue weighted by molar-refractivity contribution is 5.98. The first-order valence-corrected chi connectivity index (χ1v) is 14.5. The number of methoxy groups -OCH3 is 1. The Kier molecular flexibility index (Phi) is 10.7. The predicted octanol–water partition coefficient (Wildman–Crippen LogP) is 0.440. The van der Waals surface area contributed by atoms with E-state index in [-0.39, 0.29) is 30.8 Å². The van der Waals surface area contributed by atoms with E-state index >= 15 is 0 Å². The van der Waals surface area contributed by atoms with E-state index in [2.05, 4.69) is 27.3 Å². The number of ether oxygens (including phenoxy) is 3. The van der Waals surface area contributed by atoms with Crippen LogP contribution in [-0.4, -0.2) is 91.9 Å². The quantitative estimate of drug-likeness (QED) is 0.153. The molecule has 12 heteroatoms. The lowest BCUT2D eigenvalue weighted by Crippen LogP contribution is -2.58. The highest BCUT2D eigenvalue weighted by Crippen LogP contribution is 2.31. The molecule has 2 aliphatic heterocycles. The second-order valence-corrected chi connectivity index (χ2v) is 11.3. The smallest absolute Gasteiger partial charge is 0.246 e. The lowest BCUT2D eigenvalue weighted by Gasteiger charge is -2.28. The molecule has 0 radical (unpaired) electrons. The van der Waals surface area contributed by atoms with Gasteiger partial charge >= 0.3 is 0 Å². The van der Waals surface area contributed by atoms with Crippen LogP contribution in [0, 0.1) is 0 Å². The number of hydrogen-bond acceptors (Lipinski definition) is 9. The van der Waals surface area contributed by atoms with E-state index in [1.807, 2.05) is 0 Å². The first-order chi connectivity index (χ1) is 20.1. The summed E-state index contributed by atoms with van der Waals surface area (Å²) < 4.78 is 16.1. The van der Waals surface area contributed by atoms with Crippen LogP contribution in [0.25, 0.3) is 0 Å². The monoisotopic (exact) mass is 586 g/mol. The van der Waals surface area contributed by atoms with Gasteiger partial charge in [-0.2, -0.15) is 0 Å². The van der Waals surface area contributed by atoms with Gasteiger partial charge in [0.2, 0.25) is 17.7 Å². The number of allylic oxidation sites excluding steroid dienone is 1. The first-order valence-electron chi connectivity index (χ1n) is 14.5. The largest absolute Gasteiger partial charge is 0.497 e. The molecule has 42 heavy (non-hydrogen) atoms. The number of nitrogens with one attached hydrogen (secondary N) is 4. The van der Waals surface area contributed by atoms with Crippen molar-refractivity contribution in [2.24, 2.45) is 0 Å². The Hall–Kier alpha value is -3.32. The molecule has 3 amide bonds. The first kappa shape index (κ1) is 31.6. The fraction of sp³-hybridized carbons (Fsp3) is 0.600. The predicted molar refractivity (Wildman–Crippen MR) is 153 cm³/mol. The SMILES string of the molecule is COc1ccc([C@@H](O)[C@H](NC(=O)[C@H](C)NC(=O)CC2CNCCO2)C(=O)N[C@@H](CC2=CCCC2)C(=O)[C@@]2(C)CO2)cc1. The number of carbonyl (C=O) groups is 4. The van der Waals surface area contributed by atoms with Crippen molar-refractivity contribution in [3.8, 4) is 5.75 Å². The molecule has 1 aromatic rings. The molecule has 1 unspecified atom stereocenters. The van der Waals surface area contributed by atoms with Gasteiger partial charge in [0, 0.05) is 13.1 Å². The zero-order valence-electron chi connectivity index (χ0n) is 24.4. The molecular formula is C30H42N4O8. The standard InChI is InChI=1S/C30H42N4O8/c1-18(32-24(35)15-22-16-31-12-13-41-22)28(38)34-25(26(36)20-8-10-21(40-3)11-9-20)29(39)33-23(14-19-6-4-5-7-19)27(37)30(2)17-42-30/h6,8-11,18,22-23,25-26,31,36H,4-5,7,12-17H2,1-3H3,(H,32,35)(H,33,39)(H,34,38)/t18-,22?,23-,25-,26+,30+/m0/s1. The number of epoxide rings is 1. The van der Waals surface area contributed by atoms with E-state index in [0.29, 0.717) is 37.4 Å².